The van der Waals surface area contributed by atoms with Crippen LogP contribution in [0.3, 0.4) is 0 Å². The highest BCUT2D eigenvalue weighted by atomic mass is 16.3. The summed E-state index contributed by atoms with van der Waals surface area (Å²) in [6, 6.07) is 78.0. The molecule has 0 saturated carbocycles. The molecule has 0 bridgehead atoms. The van der Waals surface area contributed by atoms with E-state index in [1.807, 2.05) is 6.07 Å². The number of benzene rings is 9. The van der Waals surface area contributed by atoms with E-state index in [4.69, 9.17) is 4.42 Å². The molecule has 57 heavy (non-hydrogen) atoms. The molecule has 0 aliphatic rings. The zero-order valence-corrected chi connectivity index (χ0v) is 31.1. The van der Waals surface area contributed by atoms with Crippen LogP contribution in [0.1, 0.15) is 0 Å². The fourth-order valence-electron chi connectivity index (χ4n) is 8.62. The zero-order valence-electron chi connectivity index (χ0n) is 31.1. The van der Waals surface area contributed by atoms with Crippen molar-refractivity contribution in [3.63, 3.8) is 0 Å². The summed E-state index contributed by atoms with van der Waals surface area (Å²) in [5.41, 5.74) is 15.3. The molecule has 2 heterocycles. The summed E-state index contributed by atoms with van der Waals surface area (Å²) in [7, 11) is 0. The molecular formula is C54H36N2O. The van der Waals surface area contributed by atoms with Crippen molar-refractivity contribution in [3.8, 4) is 39.1 Å². The fourth-order valence-corrected chi connectivity index (χ4v) is 8.62. The van der Waals surface area contributed by atoms with Gasteiger partial charge in [0.1, 0.15) is 5.58 Å². The fraction of sp³-hybridized carbons (Fsp3) is 0. The first-order valence-electron chi connectivity index (χ1n) is 19.4. The van der Waals surface area contributed by atoms with Gasteiger partial charge in [0, 0.05) is 38.5 Å². The highest BCUT2D eigenvalue weighted by Crippen LogP contribution is 2.46. The Morgan fingerprint density at radius 3 is 1.65 bits per heavy atom. The van der Waals surface area contributed by atoms with E-state index in [0.717, 1.165) is 66.8 Å². The number of nitrogens with zero attached hydrogens (tertiary/aromatic N) is 2. The first kappa shape index (κ1) is 32.8. The Kier molecular flexibility index (Phi) is 7.82. The standard InChI is InChI=1S/C54H36N2O/c1-3-16-37(17-4-1)42-20-7-8-21-43(42)39-30-32-40(33-31-39)55-50-27-13-10-23-45(50)46-35-34-41(36-52(46)55)56(49-26-12-9-22-44(49)38-18-5-2-6-19-38)51-28-15-25-48-47-24-11-14-29-53(47)57-54(48)51/h1-36H. The first-order chi connectivity index (χ1) is 28.3. The molecule has 11 rings (SSSR count). The van der Waals surface area contributed by atoms with Gasteiger partial charge in [-0.15, -0.1) is 0 Å². The van der Waals surface area contributed by atoms with E-state index < -0.39 is 0 Å². The largest absolute Gasteiger partial charge is 0.454 e. The number of hydrogen-bond donors (Lipinski definition) is 0. The van der Waals surface area contributed by atoms with Crippen molar-refractivity contribution >= 4 is 60.8 Å². The lowest BCUT2D eigenvalue weighted by Gasteiger charge is -2.28. The molecule has 0 atom stereocenters. The Hall–Kier alpha value is -7.62. The van der Waals surface area contributed by atoms with Crippen molar-refractivity contribution in [2.24, 2.45) is 0 Å². The number of fused-ring (bicyclic) bond motifs is 6. The van der Waals surface area contributed by atoms with Gasteiger partial charge in [0.2, 0.25) is 0 Å². The monoisotopic (exact) mass is 728 g/mol. The minimum Gasteiger partial charge on any atom is -0.454 e. The van der Waals surface area contributed by atoms with Gasteiger partial charge in [0.15, 0.2) is 5.58 Å². The summed E-state index contributed by atoms with van der Waals surface area (Å²) in [5.74, 6) is 0. The third-order valence-corrected chi connectivity index (χ3v) is 11.2. The van der Waals surface area contributed by atoms with E-state index in [1.54, 1.807) is 0 Å². The topological polar surface area (TPSA) is 21.3 Å². The van der Waals surface area contributed by atoms with Crippen LogP contribution in [-0.4, -0.2) is 4.57 Å². The number of hydrogen-bond acceptors (Lipinski definition) is 2. The Labute approximate surface area is 330 Å². The van der Waals surface area contributed by atoms with Gasteiger partial charge in [0.05, 0.1) is 22.4 Å². The normalized spacial score (nSPS) is 11.5. The average Bonchev–Trinajstić information content (AvgIpc) is 3.83. The minimum absolute atomic E-state index is 0.855. The average molecular weight is 729 g/mol. The molecule has 0 aliphatic carbocycles. The van der Waals surface area contributed by atoms with Crippen molar-refractivity contribution in [1.82, 2.24) is 4.57 Å². The maximum atomic E-state index is 6.72. The molecule has 0 radical (unpaired) electrons. The van der Waals surface area contributed by atoms with Crippen molar-refractivity contribution < 1.29 is 4.42 Å². The van der Waals surface area contributed by atoms with Gasteiger partial charge in [0.25, 0.3) is 0 Å². The number of aromatic nitrogens is 1. The lowest BCUT2D eigenvalue weighted by Crippen LogP contribution is -2.11. The molecule has 0 saturated heterocycles. The predicted octanol–water partition coefficient (Wildman–Crippen LogP) is 15.2. The summed E-state index contributed by atoms with van der Waals surface area (Å²) >= 11 is 0. The quantitative estimate of drug-likeness (QED) is 0.163. The van der Waals surface area contributed by atoms with Gasteiger partial charge in [-0.3, -0.25) is 0 Å². The van der Waals surface area contributed by atoms with Crippen LogP contribution in [0.2, 0.25) is 0 Å². The molecule has 0 spiro atoms. The van der Waals surface area contributed by atoms with E-state index in [-0.39, 0.29) is 0 Å². The summed E-state index contributed by atoms with van der Waals surface area (Å²) < 4.78 is 9.13. The molecule has 3 nitrogen and oxygen atoms in total. The lowest BCUT2D eigenvalue weighted by molar-refractivity contribution is 0.669. The number of furan rings is 1. The Balaban J connectivity index is 1.13. The van der Waals surface area contributed by atoms with Crippen LogP contribution in [-0.2, 0) is 0 Å². The number of para-hydroxylation sites is 4. The van der Waals surface area contributed by atoms with E-state index >= 15 is 0 Å². The molecule has 268 valence electrons. The van der Waals surface area contributed by atoms with Crippen molar-refractivity contribution in [1.29, 1.82) is 0 Å². The van der Waals surface area contributed by atoms with Gasteiger partial charge >= 0.3 is 0 Å². The Morgan fingerprint density at radius 1 is 0.351 bits per heavy atom. The maximum absolute atomic E-state index is 6.72. The van der Waals surface area contributed by atoms with Crippen LogP contribution in [0.15, 0.2) is 223 Å². The second-order valence-corrected chi connectivity index (χ2v) is 14.5. The lowest BCUT2D eigenvalue weighted by atomic mass is 9.94. The molecule has 9 aromatic carbocycles. The molecular weight excluding hydrogens is 693 g/mol. The number of anilines is 3. The highest BCUT2D eigenvalue weighted by Gasteiger charge is 2.23. The van der Waals surface area contributed by atoms with Crippen molar-refractivity contribution in [3.05, 3.63) is 218 Å². The number of rotatable bonds is 7. The summed E-state index contributed by atoms with van der Waals surface area (Å²) in [4.78, 5) is 2.37. The third kappa shape index (κ3) is 5.51. The Bertz CT molecular complexity index is 3230. The molecule has 0 fully saturated rings. The zero-order chi connectivity index (χ0) is 37.7. The minimum atomic E-state index is 0.855. The van der Waals surface area contributed by atoms with E-state index in [9.17, 15) is 0 Å². The smallest absolute Gasteiger partial charge is 0.159 e. The molecule has 0 amide bonds. The molecule has 3 heteroatoms. The van der Waals surface area contributed by atoms with Gasteiger partial charge in [-0.1, -0.05) is 170 Å². The first-order valence-corrected chi connectivity index (χ1v) is 19.4. The van der Waals surface area contributed by atoms with Gasteiger partial charge in [-0.05, 0) is 76.3 Å². The maximum Gasteiger partial charge on any atom is 0.159 e. The van der Waals surface area contributed by atoms with Crippen LogP contribution in [0, 0.1) is 0 Å². The summed E-state index contributed by atoms with van der Waals surface area (Å²) in [5, 5.41) is 4.62. The molecule has 11 aromatic rings. The van der Waals surface area contributed by atoms with Crippen LogP contribution in [0.25, 0.3) is 82.8 Å². The SMILES string of the molecule is c1ccc(-c2ccccc2-c2ccc(-n3c4ccccc4c4ccc(N(c5ccccc5-c5ccccc5)c5cccc6c5oc5ccccc56)cc43)cc2)cc1. The Morgan fingerprint density at radius 2 is 0.895 bits per heavy atom. The van der Waals surface area contributed by atoms with Crippen LogP contribution in [0.5, 0.6) is 0 Å². The second kappa shape index (κ2) is 13.6. The highest BCUT2D eigenvalue weighted by molar-refractivity contribution is 6.13. The van der Waals surface area contributed by atoms with Gasteiger partial charge in [-0.2, -0.15) is 0 Å². The van der Waals surface area contributed by atoms with Gasteiger partial charge in [-0.25, -0.2) is 0 Å². The van der Waals surface area contributed by atoms with Crippen LogP contribution >= 0.6 is 0 Å². The van der Waals surface area contributed by atoms with E-state index in [0.29, 0.717) is 0 Å². The summed E-state index contributed by atoms with van der Waals surface area (Å²) in [6.45, 7) is 0. The van der Waals surface area contributed by atoms with Gasteiger partial charge < -0.3 is 13.9 Å². The van der Waals surface area contributed by atoms with E-state index in [2.05, 4.69) is 222 Å². The molecule has 0 N–H and O–H groups in total. The third-order valence-electron chi connectivity index (χ3n) is 11.2. The second-order valence-electron chi connectivity index (χ2n) is 14.5. The summed E-state index contributed by atoms with van der Waals surface area (Å²) in [6.07, 6.45) is 0. The molecule has 0 aliphatic heterocycles. The van der Waals surface area contributed by atoms with Crippen LogP contribution in [0.4, 0.5) is 17.1 Å². The molecule has 2 aromatic heterocycles. The van der Waals surface area contributed by atoms with Crippen LogP contribution < -0.4 is 4.90 Å². The molecule has 0 unspecified atom stereocenters. The predicted molar refractivity (Wildman–Crippen MR) is 239 cm³/mol. The van der Waals surface area contributed by atoms with E-state index in [1.165, 1.54) is 33.0 Å². The van der Waals surface area contributed by atoms with Crippen molar-refractivity contribution in [2.45, 2.75) is 0 Å². The van der Waals surface area contributed by atoms with Crippen molar-refractivity contribution in [2.75, 3.05) is 4.90 Å².